The first-order chi connectivity index (χ1) is 8.22. The lowest BCUT2D eigenvalue weighted by Gasteiger charge is -2.30. The van der Waals surface area contributed by atoms with Gasteiger partial charge >= 0.3 is 0 Å². The van der Waals surface area contributed by atoms with Gasteiger partial charge in [-0.15, -0.1) is 0 Å². The Morgan fingerprint density at radius 2 is 2.24 bits per heavy atom. The Bertz CT molecular complexity index is 381. The first kappa shape index (κ1) is 12.2. The molecule has 1 aromatic heterocycles. The van der Waals surface area contributed by atoms with Gasteiger partial charge in [-0.1, -0.05) is 12.8 Å². The normalized spacial score (nSPS) is 21.3. The lowest BCUT2D eigenvalue weighted by molar-refractivity contribution is 0.254. The lowest BCUT2D eigenvalue weighted by Crippen LogP contribution is -2.38. The molecule has 0 amide bonds. The molecule has 4 nitrogen and oxygen atoms in total. The van der Waals surface area contributed by atoms with Crippen LogP contribution in [0, 0.1) is 6.92 Å². The van der Waals surface area contributed by atoms with Gasteiger partial charge in [-0.05, 0) is 31.9 Å². The summed E-state index contributed by atoms with van der Waals surface area (Å²) in [7, 11) is 0. The second kappa shape index (κ2) is 5.36. The summed E-state index contributed by atoms with van der Waals surface area (Å²) >= 11 is 0. The molecule has 0 aromatic carbocycles. The Hall–Kier alpha value is -1.29. The monoisotopic (exact) mass is 235 g/mol. The van der Waals surface area contributed by atoms with E-state index in [9.17, 15) is 5.11 Å². The van der Waals surface area contributed by atoms with Crippen molar-refractivity contribution in [1.82, 2.24) is 4.98 Å². The quantitative estimate of drug-likeness (QED) is 0.819. The van der Waals surface area contributed by atoms with Crippen molar-refractivity contribution in [2.45, 2.75) is 38.6 Å². The second-order valence-corrected chi connectivity index (χ2v) is 4.74. The number of nitrogens with zero attached hydrogens (tertiary/aromatic N) is 2. The summed E-state index contributed by atoms with van der Waals surface area (Å²) in [6, 6.07) is 3.98. The van der Waals surface area contributed by atoms with Crippen molar-refractivity contribution in [3.05, 3.63) is 17.8 Å². The number of pyridine rings is 1. The van der Waals surface area contributed by atoms with Crippen LogP contribution in [-0.4, -0.2) is 29.3 Å². The van der Waals surface area contributed by atoms with E-state index in [1.807, 2.05) is 19.1 Å². The molecular weight excluding hydrogens is 214 g/mol. The molecule has 0 radical (unpaired) electrons. The first-order valence-corrected chi connectivity index (χ1v) is 6.33. The van der Waals surface area contributed by atoms with Crippen LogP contribution in [0.5, 0.6) is 0 Å². The fraction of sp³-hybridized carbons (Fsp3) is 0.615. The molecule has 4 heteroatoms. The Morgan fingerprint density at radius 1 is 1.41 bits per heavy atom. The second-order valence-electron chi connectivity index (χ2n) is 4.74. The highest BCUT2D eigenvalue weighted by molar-refractivity contribution is 5.63. The third-order valence-corrected chi connectivity index (χ3v) is 3.40. The van der Waals surface area contributed by atoms with Crippen LogP contribution in [-0.2, 0) is 0 Å². The minimum atomic E-state index is 0.161. The van der Waals surface area contributed by atoms with E-state index in [4.69, 9.17) is 5.73 Å². The number of aryl methyl sites for hydroxylation is 1. The van der Waals surface area contributed by atoms with E-state index in [1.165, 1.54) is 12.8 Å². The average molecular weight is 235 g/mol. The predicted molar refractivity (Wildman–Crippen MR) is 70.1 cm³/mol. The van der Waals surface area contributed by atoms with Gasteiger partial charge in [0, 0.05) is 12.2 Å². The number of rotatable bonds is 2. The van der Waals surface area contributed by atoms with Gasteiger partial charge in [-0.2, -0.15) is 0 Å². The van der Waals surface area contributed by atoms with Crippen molar-refractivity contribution in [2.24, 2.45) is 0 Å². The highest BCUT2D eigenvalue weighted by atomic mass is 16.3. The van der Waals surface area contributed by atoms with Gasteiger partial charge in [-0.3, -0.25) is 0 Å². The molecule has 17 heavy (non-hydrogen) atoms. The maximum absolute atomic E-state index is 9.50. The smallest absolute Gasteiger partial charge is 0.152 e. The highest BCUT2D eigenvalue weighted by Crippen LogP contribution is 2.27. The van der Waals surface area contributed by atoms with E-state index in [0.29, 0.717) is 5.69 Å². The van der Waals surface area contributed by atoms with Crippen LogP contribution in [0.4, 0.5) is 11.5 Å². The molecule has 94 valence electrons. The van der Waals surface area contributed by atoms with Gasteiger partial charge in [0.15, 0.2) is 5.82 Å². The molecule has 1 atom stereocenters. The van der Waals surface area contributed by atoms with Crippen LogP contribution in [0.2, 0.25) is 0 Å². The first-order valence-electron chi connectivity index (χ1n) is 6.33. The van der Waals surface area contributed by atoms with Crippen LogP contribution >= 0.6 is 0 Å². The van der Waals surface area contributed by atoms with Crippen molar-refractivity contribution in [2.75, 3.05) is 23.8 Å². The van der Waals surface area contributed by atoms with E-state index >= 15 is 0 Å². The van der Waals surface area contributed by atoms with Gasteiger partial charge in [-0.25, -0.2) is 4.98 Å². The number of hydrogen-bond donors (Lipinski definition) is 2. The number of nitrogen functional groups attached to an aromatic ring is 1. The van der Waals surface area contributed by atoms with Crippen molar-refractivity contribution < 1.29 is 5.11 Å². The maximum Gasteiger partial charge on any atom is 0.152 e. The minimum absolute atomic E-state index is 0.161. The predicted octanol–water partition coefficient (Wildman–Crippen LogP) is 1.71. The van der Waals surface area contributed by atoms with Crippen molar-refractivity contribution in [3.8, 4) is 0 Å². The molecule has 1 aliphatic heterocycles. The summed E-state index contributed by atoms with van der Waals surface area (Å²) in [5.74, 6) is 0.839. The van der Waals surface area contributed by atoms with Crippen molar-refractivity contribution in [3.63, 3.8) is 0 Å². The molecule has 1 fully saturated rings. The number of aliphatic hydroxyl groups excluding tert-OH is 1. The molecule has 0 bridgehead atoms. The summed E-state index contributed by atoms with van der Waals surface area (Å²) in [5.41, 5.74) is 7.67. The average Bonchev–Trinajstić information content (AvgIpc) is 2.57. The van der Waals surface area contributed by atoms with Crippen LogP contribution in [0.15, 0.2) is 12.1 Å². The number of nitrogens with two attached hydrogens (primary N) is 1. The Kier molecular flexibility index (Phi) is 3.84. The Labute approximate surface area is 102 Å². The number of anilines is 2. The Morgan fingerprint density at radius 3 is 3.00 bits per heavy atom. The van der Waals surface area contributed by atoms with E-state index in [-0.39, 0.29) is 12.6 Å². The minimum Gasteiger partial charge on any atom is -0.396 e. The summed E-state index contributed by atoms with van der Waals surface area (Å²) in [5, 5.41) is 9.50. The highest BCUT2D eigenvalue weighted by Gasteiger charge is 2.23. The summed E-state index contributed by atoms with van der Waals surface area (Å²) in [6.07, 6.45) is 4.56. The zero-order valence-electron chi connectivity index (χ0n) is 10.4. The van der Waals surface area contributed by atoms with Gasteiger partial charge in [0.2, 0.25) is 0 Å². The third-order valence-electron chi connectivity index (χ3n) is 3.40. The molecule has 2 rings (SSSR count). The topological polar surface area (TPSA) is 62.4 Å². The maximum atomic E-state index is 9.50. The van der Waals surface area contributed by atoms with Gasteiger partial charge < -0.3 is 15.7 Å². The molecule has 1 saturated heterocycles. The molecule has 1 unspecified atom stereocenters. The molecule has 0 aliphatic carbocycles. The van der Waals surface area contributed by atoms with Crippen molar-refractivity contribution >= 4 is 11.5 Å². The fourth-order valence-electron chi connectivity index (χ4n) is 2.43. The fourth-order valence-corrected chi connectivity index (χ4v) is 2.43. The van der Waals surface area contributed by atoms with E-state index in [2.05, 4.69) is 9.88 Å². The lowest BCUT2D eigenvalue weighted by atomic mass is 10.1. The molecule has 2 heterocycles. The summed E-state index contributed by atoms with van der Waals surface area (Å²) in [6.45, 7) is 3.08. The molecular formula is C13H21N3O. The summed E-state index contributed by atoms with van der Waals surface area (Å²) < 4.78 is 0. The molecule has 3 N–H and O–H groups in total. The molecule has 0 spiro atoms. The number of hydrogen-bond acceptors (Lipinski definition) is 4. The van der Waals surface area contributed by atoms with Crippen LogP contribution in [0.1, 0.15) is 31.4 Å². The van der Waals surface area contributed by atoms with Crippen molar-refractivity contribution in [1.29, 1.82) is 0 Å². The van der Waals surface area contributed by atoms with Gasteiger partial charge in [0.1, 0.15) is 0 Å². The third kappa shape index (κ3) is 2.69. The van der Waals surface area contributed by atoms with E-state index in [0.717, 1.165) is 30.9 Å². The molecule has 1 aromatic rings. The Balaban J connectivity index is 2.31. The van der Waals surface area contributed by atoms with Crippen LogP contribution < -0.4 is 10.6 Å². The number of aliphatic hydroxyl groups is 1. The zero-order valence-corrected chi connectivity index (χ0v) is 10.4. The SMILES string of the molecule is Cc1ccc(N)c(N2CCCCCC2CO)n1. The van der Waals surface area contributed by atoms with Crippen LogP contribution in [0.25, 0.3) is 0 Å². The van der Waals surface area contributed by atoms with E-state index in [1.54, 1.807) is 0 Å². The van der Waals surface area contributed by atoms with E-state index < -0.39 is 0 Å². The van der Waals surface area contributed by atoms with Gasteiger partial charge in [0.25, 0.3) is 0 Å². The number of aromatic nitrogens is 1. The summed E-state index contributed by atoms with van der Waals surface area (Å²) in [4.78, 5) is 6.70. The zero-order chi connectivity index (χ0) is 12.3. The largest absolute Gasteiger partial charge is 0.396 e. The van der Waals surface area contributed by atoms with Crippen LogP contribution in [0.3, 0.4) is 0 Å². The molecule has 0 saturated carbocycles. The molecule has 1 aliphatic rings. The van der Waals surface area contributed by atoms with Gasteiger partial charge in [0.05, 0.1) is 18.3 Å². The standard InChI is InChI=1S/C13H21N3O/c1-10-6-7-12(14)13(15-10)16-8-4-2-3-5-11(16)9-17/h6-7,11,17H,2-5,8-9,14H2,1H3.